The van der Waals surface area contributed by atoms with Crippen LogP contribution in [0, 0.1) is 0 Å². The number of fused-ring (bicyclic) bond motifs is 12. The third-order valence-electron chi connectivity index (χ3n) is 10.7. The zero-order valence-electron chi connectivity index (χ0n) is 37.3. The number of hydrogen-bond donors (Lipinski definition) is 6. The number of aromatic nitrogens is 9. The summed E-state index contributed by atoms with van der Waals surface area (Å²) in [5.41, 5.74) is 6.48. The van der Waals surface area contributed by atoms with Crippen molar-refractivity contribution >= 4 is 53.5 Å². The minimum atomic E-state index is 0.492. The van der Waals surface area contributed by atoms with Gasteiger partial charge in [-0.05, 0) is 74.9 Å². The van der Waals surface area contributed by atoms with Crippen LogP contribution in [0.3, 0.4) is 0 Å². The molecule has 0 unspecified atom stereocenters. The quantitative estimate of drug-likeness (QED) is 0.0891. The van der Waals surface area contributed by atoms with Gasteiger partial charge in [-0.1, -0.05) is 72.8 Å². The van der Waals surface area contributed by atoms with Gasteiger partial charge in [0.25, 0.3) is 0 Å². The summed E-state index contributed by atoms with van der Waals surface area (Å²) in [6.07, 6.45) is 0. The first kappa shape index (κ1) is 44.0. The van der Waals surface area contributed by atoms with E-state index < -0.39 is 0 Å². The van der Waals surface area contributed by atoms with Gasteiger partial charge in [0.05, 0.1) is 0 Å². The van der Waals surface area contributed by atoms with E-state index >= 15 is 0 Å². The molecule has 12 bridgehead atoms. The third-order valence-corrected chi connectivity index (χ3v) is 10.7. The van der Waals surface area contributed by atoms with Gasteiger partial charge in [-0.2, -0.15) is 44.9 Å². The molecule has 0 atom stereocenters. The number of nitrogens with one attached hydrogen (secondary N) is 6. The lowest BCUT2D eigenvalue weighted by atomic mass is 10.1. The van der Waals surface area contributed by atoms with E-state index in [2.05, 4.69) is 161 Å². The van der Waals surface area contributed by atoms with Crippen LogP contribution in [0.5, 0.6) is 0 Å². The monoisotopic (exact) mass is 853 g/mol. The molecule has 0 radical (unpaired) electrons. The van der Waals surface area contributed by atoms with E-state index in [1.807, 2.05) is 0 Å². The van der Waals surface area contributed by atoms with E-state index in [1.165, 1.54) is 0 Å². The van der Waals surface area contributed by atoms with E-state index in [0.717, 1.165) is 72.6 Å². The molecule has 3 aromatic heterocycles. The molecule has 0 spiro atoms. The third kappa shape index (κ3) is 12.0. The fraction of sp³-hybridized carbons (Fsp3) is 0.400. The van der Waals surface area contributed by atoms with Crippen LogP contribution in [0.2, 0.25) is 0 Å². The van der Waals surface area contributed by atoms with Gasteiger partial charge in [-0.3, -0.25) is 0 Å². The van der Waals surface area contributed by atoms with E-state index in [-0.39, 0.29) is 0 Å². The zero-order valence-corrected chi connectivity index (χ0v) is 37.3. The van der Waals surface area contributed by atoms with E-state index in [1.54, 1.807) is 0 Å². The average Bonchev–Trinajstić information content (AvgIpc) is 3.31. The highest BCUT2D eigenvalue weighted by Crippen LogP contribution is 2.20. The summed E-state index contributed by atoms with van der Waals surface area (Å²) in [7, 11) is 0. The lowest BCUT2D eigenvalue weighted by Gasteiger charge is -2.20. The molecule has 63 heavy (non-hydrogen) atoms. The van der Waals surface area contributed by atoms with Gasteiger partial charge >= 0.3 is 0 Å². The Hall–Kier alpha value is -7.11. The molecule has 3 aromatic carbocycles. The summed E-state index contributed by atoms with van der Waals surface area (Å²) >= 11 is 0. The number of rotatable bonds is 9. The van der Waals surface area contributed by atoms with Crippen LogP contribution in [-0.2, 0) is 39.3 Å². The second kappa shape index (κ2) is 21.6. The maximum absolute atomic E-state index is 4.81. The minimum absolute atomic E-state index is 0.492. The van der Waals surface area contributed by atoms with Crippen molar-refractivity contribution < 1.29 is 0 Å². The van der Waals surface area contributed by atoms with Crippen LogP contribution >= 0.6 is 0 Å². The molecule has 1 aliphatic heterocycles. The molecule has 1 aliphatic rings. The van der Waals surface area contributed by atoms with Crippen molar-refractivity contribution in [3.05, 3.63) is 106 Å². The molecule has 0 fully saturated rings. The molecule has 0 amide bonds. The van der Waals surface area contributed by atoms with Crippen LogP contribution in [0.25, 0.3) is 0 Å². The Morgan fingerprint density at radius 2 is 0.508 bits per heavy atom. The molecule has 0 saturated carbocycles. The van der Waals surface area contributed by atoms with Crippen LogP contribution in [-0.4, -0.2) is 84.1 Å². The number of benzene rings is 3. The summed E-state index contributed by atoms with van der Waals surface area (Å²) in [5.74, 6) is 4.79. The highest BCUT2D eigenvalue weighted by molar-refractivity contribution is 5.48. The van der Waals surface area contributed by atoms with Crippen molar-refractivity contribution in [3.8, 4) is 0 Å². The van der Waals surface area contributed by atoms with Gasteiger partial charge in [-0.25, -0.2) is 0 Å². The normalized spacial score (nSPS) is 13.0. The van der Waals surface area contributed by atoms with E-state index in [9.17, 15) is 0 Å². The van der Waals surface area contributed by atoms with Crippen LogP contribution in [0.1, 0.15) is 74.9 Å². The highest BCUT2D eigenvalue weighted by Gasteiger charge is 2.16. The van der Waals surface area contributed by atoms with Crippen LogP contribution < -0.4 is 46.6 Å². The maximum Gasteiger partial charge on any atom is 0.231 e. The van der Waals surface area contributed by atoms with Crippen molar-refractivity contribution in [2.24, 2.45) is 0 Å². The zero-order chi connectivity index (χ0) is 44.0. The number of anilines is 9. The Morgan fingerprint density at radius 1 is 0.317 bits per heavy atom. The van der Waals surface area contributed by atoms with Gasteiger partial charge in [-0.15, -0.1) is 0 Å². The highest BCUT2D eigenvalue weighted by atomic mass is 15.3. The van der Waals surface area contributed by atoms with E-state index in [4.69, 9.17) is 44.9 Å². The Morgan fingerprint density at radius 3 is 0.683 bits per heavy atom. The lowest BCUT2D eigenvalue weighted by Crippen LogP contribution is -2.25. The smallest absolute Gasteiger partial charge is 0.231 e. The average molecular weight is 853 g/mol. The van der Waals surface area contributed by atoms with Crippen molar-refractivity contribution in [2.45, 2.75) is 80.8 Å². The molecule has 18 heteroatoms. The number of nitrogens with zero attached hydrogens (tertiary/aromatic N) is 12. The van der Waals surface area contributed by atoms with Crippen molar-refractivity contribution in [1.29, 1.82) is 0 Å². The summed E-state index contributed by atoms with van der Waals surface area (Å²) < 4.78 is 0. The largest absolute Gasteiger partial charge is 0.350 e. The maximum atomic E-state index is 4.81. The van der Waals surface area contributed by atoms with Crippen molar-refractivity contribution in [3.63, 3.8) is 0 Å². The summed E-state index contributed by atoms with van der Waals surface area (Å²) in [6, 6.07) is 25.2. The van der Waals surface area contributed by atoms with Crippen LogP contribution in [0.4, 0.5) is 53.5 Å². The Balaban J connectivity index is 1.20. The lowest BCUT2D eigenvalue weighted by molar-refractivity contribution is 0.810. The molecule has 4 heterocycles. The first-order valence-corrected chi connectivity index (χ1v) is 22.0. The minimum Gasteiger partial charge on any atom is -0.350 e. The molecule has 7 rings (SSSR count). The SMILES string of the molecule is CCN(CC)c1nc2nc(n1)NCc1cccc(c1)CNc1nc(nc(N(CC)CC)n1)NCc1cccc(c1)CNc1nc(nc(N(CC)CC)n1)NCc1cccc(c1)CN2. The van der Waals surface area contributed by atoms with Gasteiger partial charge < -0.3 is 46.6 Å². The molecular formula is C45H60N18. The first-order chi connectivity index (χ1) is 30.8. The molecule has 6 N–H and O–H groups in total. The van der Waals surface area contributed by atoms with Gasteiger partial charge in [0, 0.05) is 78.5 Å². The van der Waals surface area contributed by atoms with Crippen LogP contribution in [0.15, 0.2) is 72.8 Å². The predicted octanol–water partition coefficient (Wildman–Crippen LogP) is 6.77. The molecule has 330 valence electrons. The van der Waals surface area contributed by atoms with Crippen molar-refractivity contribution in [1.82, 2.24) is 44.9 Å². The standard InChI is InChI=1S/C45H60N18/c1-7-61(8-2)43-55-37-46-25-31-16-13-18-33(22-31)27-48-39-53-41(59-44(57-39)62(9-3)10-4)50-29-35-20-15-21-36(24-35)30-51-42-54-40(58-45(60-42)63(11-5)12-6)49-28-34-19-14-17-32(23-34)26-47-38(52-37)56-43/h13-24H,7-12,25-30H2,1-6H3,(H2,46,47,52,55,56)(H2,48,50,53,57,59)(H2,49,51,54,58,60). The van der Waals surface area contributed by atoms with Gasteiger partial charge in [0.1, 0.15) is 0 Å². The summed E-state index contributed by atoms with van der Waals surface area (Å²) in [6.45, 7) is 20.3. The molecule has 0 aliphatic carbocycles. The van der Waals surface area contributed by atoms with Crippen molar-refractivity contribution in [2.75, 3.05) is 85.9 Å². The summed E-state index contributed by atoms with van der Waals surface area (Å²) in [4.78, 5) is 49.6. The number of hydrogen-bond acceptors (Lipinski definition) is 18. The predicted molar refractivity (Wildman–Crippen MR) is 253 cm³/mol. The first-order valence-electron chi connectivity index (χ1n) is 22.0. The Labute approximate surface area is 370 Å². The topological polar surface area (TPSA) is 198 Å². The summed E-state index contributed by atoms with van der Waals surface area (Å²) in [5, 5.41) is 20.7. The molecule has 6 aromatic rings. The van der Waals surface area contributed by atoms with Gasteiger partial charge in [0.15, 0.2) is 0 Å². The van der Waals surface area contributed by atoms with Gasteiger partial charge in [0.2, 0.25) is 53.5 Å². The fourth-order valence-electron chi connectivity index (χ4n) is 7.15. The van der Waals surface area contributed by atoms with E-state index in [0.29, 0.717) is 92.8 Å². The molecular weight excluding hydrogens is 793 g/mol. The molecule has 0 saturated heterocycles. The molecule has 18 nitrogen and oxygen atoms in total. The fourth-order valence-corrected chi connectivity index (χ4v) is 7.15. The Bertz CT molecular complexity index is 2010. The second-order valence-corrected chi connectivity index (χ2v) is 14.9. The second-order valence-electron chi connectivity index (χ2n) is 14.9. The Kier molecular flexibility index (Phi) is 15.1.